The average Bonchev–Trinajstić information content (AvgIpc) is 2.85. The van der Waals surface area contributed by atoms with Crippen LogP contribution in [0.4, 0.5) is 13.2 Å². The van der Waals surface area contributed by atoms with E-state index in [1.165, 1.54) is 28.0 Å². The highest BCUT2D eigenvalue weighted by Crippen LogP contribution is 2.36. The highest BCUT2D eigenvalue weighted by atomic mass is 19.4. The molecule has 5 nitrogen and oxygen atoms in total. The fraction of sp³-hybridized carbons (Fsp3) is 0.286. The number of halogens is 3. The highest BCUT2D eigenvalue weighted by Gasteiger charge is 2.31. The van der Waals surface area contributed by atoms with Gasteiger partial charge < -0.3 is 10.0 Å². The largest absolute Gasteiger partial charge is 0.507 e. The van der Waals surface area contributed by atoms with Crippen LogP contribution in [0.3, 0.4) is 0 Å². The molecule has 2 rings (SSSR count). The van der Waals surface area contributed by atoms with Gasteiger partial charge in [0.05, 0.1) is 11.8 Å². The molecule has 0 saturated heterocycles. The van der Waals surface area contributed by atoms with Crippen molar-refractivity contribution in [3.05, 3.63) is 36.2 Å². The summed E-state index contributed by atoms with van der Waals surface area (Å²) in [5.41, 5.74) is -0.279. The van der Waals surface area contributed by atoms with Gasteiger partial charge in [-0.2, -0.15) is 18.3 Å². The Balaban J connectivity index is 2.26. The second kappa shape index (κ2) is 5.70. The molecule has 8 heteroatoms. The third kappa shape index (κ3) is 3.38. The molecule has 0 spiro atoms. The lowest BCUT2D eigenvalue weighted by Crippen LogP contribution is -2.26. The van der Waals surface area contributed by atoms with Gasteiger partial charge in [-0.05, 0) is 18.2 Å². The van der Waals surface area contributed by atoms with E-state index in [4.69, 9.17) is 0 Å². The number of amides is 1. The molecule has 0 saturated carbocycles. The smallest absolute Gasteiger partial charge is 0.416 e. The van der Waals surface area contributed by atoms with Crippen LogP contribution in [0.5, 0.6) is 5.75 Å². The molecule has 0 aliphatic heterocycles. The van der Waals surface area contributed by atoms with Gasteiger partial charge in [-0.15, -0.1) is 0 Å². The van der Waals surface area contributed by atoms with Crippen molar-refractivity contribution in [1.82, 2.24) is 14.7 Å². The number of hydrogen-bond donors (Lipinski definition) is 1. The van der Waals surface area contributed by atoms with Crippen molar-refractivity contribution < 1.29 is 23.1 Å². The number of carbonyl (C=O) groups is 1. The zero-order valence-electron chi connectivity index (χ0n) is 11.9. The van der Waals surface area contributed by atoms with Crippen LogP contribution < -0.4 is 0 Å². The molecule has 118 valence electrons. The number of phenols is 1. The molecule has 22 heavy (non-hydrogen) atoms. The van der Waals surface area contributed by atoms with Crippen LogP contribution in [0.15, 0.2) is 30.6 Å². The van der Waals surface area contributed by atoms with E-state index < -0.39 is 17.5 Å². The molecule has 2 aromatic rings. The third-order valence-electron chi connectivity index (χ3n) is 3.07. The van der Waals surface area contributed by atoms with Gasteiger partial charge in [0, 0.05) is 31.4 Å². The summed E-state index contributed by atoms with van der Waals surface area (Å²) in [5.74, 6) is -0.667. The molecular formula is C14H14F3N3O2. The number of carbonyl (C=O) groups excluding carboxylic acids is 1. The first-order chi connectivity index (χ1) is 10.2. The Hall–Kier alpha value is -2.51. The number of alkyl halides is 3. The van der Waals surface area contributed by atoms with Gasteiger partial charge in [-0.25, -0.2) is 0 Å². The molecule has 0 bridgehead atoms. The van der Waals surface area contributed by atoms with Crippen LogP contribution in [0.1, 0.15) is 5.56 Å². The van der Waals surface area contributed by atoms with Gasteiger partial charge in [-0.3, -0.25) is 9.48 Å². The molecule has 0 unspecified atom stereocenters. The number of hydrogen-bond acceptors (Lipinski definition) is 3. The van der Waals surface area contributed by atoms with Crippen molar-refractivity contribution in [3.8, 4) is 16.9 Å². The number of benzene rings is 1. The number of aromatic hydroxyl groups is 1. The summed E-state index contributed by atoms with van der Waals surface area (Å²) >= 11 is 0. The van der Waals surface area contributed by atoms with Crippen LogP contribution in [0.2, 0.25) is 0 Å². The molecular weight excluding hydrogens is 299 g/mol. The predicted octanol–water partition coefficient (Wildman–Crippen LogP) is 2.36. The minimum absolute atomic E-state index is 0.00833. The Labute approximate surface area is 124 Å². The molecule has 0 radical (unpaired) electrons. The fourth-order valence-corrected chi connectivity index (χ4v) is 1.82. The molecule has 1 aromatic heterocycles. The van der Waals surface area contributed by atoms with E-state index >= 15 is 0 Å². The van der Waals surface area contributed by atoms with Crippen LogP contribution in [-0.4, -0.2) is 39.8 Å². The number of likely N-dealkylation sites (N-methyl/N-ethyl adjacent to an activating group) is 1. The molecule has 0 aliphatic rings. The molecule has 1 amide bonds. The van der Waals surface area contributed by atoms with Crippen molar-refractivity contribution in [1.29, 1.82) is 0 Å². The minimum Gasteiger partial charge on any atom is -0.507 e. The summed E-state index contributed by atoms with van der Waals surface area (Å²) in [4.78, 5) is 13.0. The molecule has 1 aromatic carbocycles. The summed E-state index contributed by atoms with van der Waals surface area (Å²) < 4.78 is 39.0. The van der Waals surface area contributed by atoms with E-state index in [-0.39, 0.29) is 18.0 Å². The van der Waals surface area contributed by atoms with Crippen molar-refractivity contribution in [3.63, 3.8) is 0 Å². The molecule has 1 heterocycles. The number of phenolic OH excluding ortho intramolecular Hbond substituents is 1. The van der Waals surface area contributed by atoms with Gasteiger partial charge in [0.2, 0.25) is 5.91 Å². The quantitative estimate of drug-likeness (QED) is 0.946. The normalized spacial score (nSPS) is 11.5. The lowest BCUT2D eigenvalue weighted by Gasteiger charge is -2.10. The van der Waals surface area contributed by atoms with E-state index in [0.717, 1.165) is 6.07 Å². The topological polar surface area (TPSA) is 58.4 Å². The van der Waals surface area contributed by atoms with Crippen LogP contribution in [0, 0.1) is 0 Å². The van der Waals surface area contributed by atoms with E-state index in [1.54, 1.807) is 14.1 Å². The van der Waals surface area contributed by atoms with Gasteiger partial charge in [-0.1, -0.05) is 0 Å². The summed E-state index contributed by atoms with van der Waals surface area (Å²) in [6.07, 6.45) is -1.65. The Morgan fingerprint density at radius 1 is 1.36 bits per heavy atom. The van der Waals surface area contributed by atoms with Crippen LogP contribution in [0.25, 0.3) is 11.1 Å². The maximum absolute atomic E-state index is 12.6. The summed E-state index contributed by atoms with van der Waals surface area (Å²) in [6.45, 7) is 0.00833. The SMILES string of the molecule is CN(C)C(=O)Cn1cc(-c2ccc(C(F)(F)F)cc2O)cn1. The summed E-state index contributed by atoms with van der Waals surface area (Å²) in [7, 11) is 3.21. The summed E-state index contributed by atoms with van der Waals surface area (Å²) in [5, 5.41) is 13.7. The van der Waals surface area contributed by atoms with E-state index in [0.29, 0.717) is 11.6 Å². The lowest BCUT2D eigenvalue weighted by atomic mass is 10.1. The maximum Gasteiger partial charge on any atom is 0.416 e. The lowest BCUT2D eigenvalue weighted by molar-refractivity contribution is -0.137. The van der Waals surface area contributed by atoms with Crippen molar-refractivity contribution >= 4 is 5.91 Å². The number of rotatable bonds is 3. The Morgan fingerprint density at radius 2 is 2.05 bits per heavy atom. The maximum atomic E-state index is 12.6. The number of aromatic nitrogens is 2. The monoisotopic (exact) mass is 313 g/mol. The first kappa shape index (κ1) is 15.9. The summed E-state index contributed by atoms with van der Waals surface area (Å²) in [6, 6.07) is 2.72. The Kier molecular flexibility index (Phi) is 4.11. The Morgan fingerprint density at radius 3 is 2.59 bits per heavy atom. The van der Waals surface area contributed by atoms with Crippen LogP contribution >= 0.6 is 0 Å². The zero-order chi connectivity index (χ0) is 16.5. The third-order valence-corrected chi connectivity index (χ3v) is 3.07. The van der Waals surface area contributed by atoms with Gasteiger partial charge in [0.1, 0.15) is 12.3 Å². The van der Waals surface area contributed by atoms with Gasteiger partial charge >= 0.3 is 6.18 Å². The highest BCUT2D eigenvalue weighted by molar-refractivity contribution is 5.75. The van der Waals surface area contributed by atoms with Gasteiger partial charge in [0.25, 0.3) is 0 Å². The predicted molar refractivity (Wildman–Crippen MR) is 73.0 cm³/mol. The van der Waals surface area contributed by atoms with Gasteiger partial charge in [0.15, 0.2) is 0 Å². The molecule has 0 aliphatic carbocycles. The number of nitrogens with zero attached hydrogens (tertiary/aromatic N) is 3. The zero-order valence-corrected chi connectivity index (χ0v) is 11.9. The average molecular weight is 313 g/mol. The Bertz CT molecular complexity index is 693. The molecule has 0 atom stereocenters. The molecule has 1 N–H and O–H groups in total. The second-order valence-electron chi connectivity index (χ2n) is 4.94. The fourth-order valence-electron chi connectivity index (χ4n) is 1.82. The first-order valence-corrected chi connectivity index (χ1v) is 6.31. The van der Waals surface area contributed by atoms with Crippen molar-refractivity contribution in [2.24, 2.45) is 0 Å². The standard InChI is InChI=1S/C14H14F3N3O2/c1-19(2)13(22)8-20-7-9(6-18-20)11-4-3-10(5-12(11)21)14(15,16)17/h3-7,21H,8H2,1-2H3. The van der Waals surface area contributed by atoms with E-state index in [2.05, 4.69) is 5.10 Å². The van der Waals surface area contributed by atoms with Crippen molar-refractivity contribution in [2.45, 2.75) is 12.7 Å². The minimum atomic E-state index is -4.52. The molecule has 0 fully saturated rings. The second-order valence-corrected chi connectivity index (χ2v) is 4.94. The van der Waals surface area contributed by atoms with E-state index in [1.807, 2.05) is 0 Å². The van der Waals surface area contributed by atoms with E-state index in [9.17, 15) is 23.1 Å². The van der Waals surface area contributed by atoms with Crippen LogP contribution in [-0.2, 0) is 17.5 Å². The van der Waals surface area contributed by atoms with Crippen molar-refractivity contribution in [2.75, 3.05) is 14.1 Å². The first-order valence-electron chi connectivity index (χ1n) is 6.31.